The summed E-state index contributed by atoms with van der Waals surface area (Å²) < 4.78 is 10.6. The number of aryl methyl sites for hydroxylation is 1. The fourth-order valence-electron chi connectivity index (χ4n) is 1.93. The molecule has 0 fully saturated rings. The lowest BCUT2D eigenvalue weighted by atomic mass is 10.1. The summed E-state index contributed by atoms with van der Waals surface area (Å²) in [6.07, 6.45) is 3.02. The third-order valence-corrected chi connectivity index (χ3v) is 2.95. The Kier molecular flexibility index (Phi) is 3.23. The van der Waals surface area contributed by atoms with Gasteiger partial charge in [-0.05, 0) is 24.6 Å². The van der Waals surface area contributed by atoms with Crippen LogP contribution in [0.1, 0.15) is 5.56 Å². The van der Waals surface area contributed by atoms with Crippen molar-refractivity contribution in [3.8, 4) is 28.7 Å². The van der Waals surface area contributed by atoms with Crippen molar-refractivity contribution in [3.05, 3.63) is 36.2 Å². The first-order chi connectivity index (χ1) is 10.2. The number of benzene rings is 1. The minimum atomic E-state index is 0.221. The molecule has 21 heavy (non-hydrogen) atoms. The molecule has 0 aliphatic rings. The Morgan fingerprint density at radius 3 is 2.76 bits per heavy atom. The molecule has 0 aliphatic carbocycles. The molecular weight excluding hydrogens is 270 g/mol. The Labute approximate surface area is 120 Å². The second-order valence-corrected chi connectivity index (χ2v) is 4.42. The molecule has 7 heteroatoms. The highest BCUT2D eigenvalue weighted by atomic mass is 16.5. The Hall–Kier alpha value is -2.96. The number of ether oxygens (including phenoxy) is 1. The molecule has 2 heterocycles. The van der Waals surface area contributed by atoms with Gasteiger partial charge >= 0.3 is 0 Å². The number of hydrogen-bond acceptors (Lipinski definition) is 7. The molecule has 7 nitrogen and oxygen atoms in total. The second kappa shape index (κ2) is 5.20. The first-order valence-corrected chi connectivity index (χ1v) is 6.24. The summed E-state index contributed by atoms with van der Waals surface area (Å²) in [5, 5.41) is 3.95. The van der Waals surface area contributed by atoms with E-state index in [1.807, 2.05) is 25.1 Å². The van der Waals surface area contributed by atoms with E-state index < -0.39 is 0 Å². The van der Waals surface area contributed by atoms with Crippen molar-refractivity contribution < 1.29 is 9.26 Å². The lowest BCUT2D eigenvalue weighted by Gasteiger charge is -2.05. The third kappa shape index (κ3) is 2.40. The number of nitrogens with zero attached hydrogens (tertiary/aromatic N) is 4. The zero-order chi connectivity index (χ0) is 14.8. The van der Waals surface area contributed by atoms with Crippen molar-refractivity contribution in [3.63, 3.8) is 0 Å². The molecule has 0 bridgehead atoms. The van der Waals surface area contributed by atoms with Crippen LogP contribution in [0.25, 0.3) is 23.0 Å². The van der Waals surface area contributed by atoms with Crippen molar-refractivity contribution in [1.82, 2.24) is 20.1 Å². The Bertz CT molecular complexity index is 785. The van der Waals surface area contributed by atoms with Gasteiger partial charge in [-0.1, -0.05) is 11.2 Å². The number of anilines is 1. The molecule has 1 aromatic carbocycles. The van der Waals surface area contributed by atoms with Crippen LogP contribution < -0.4 is 10.5 Å². The van der Waals surface area contributed by atoms with E-state index >= 15 is 0 Å². The smallest absolute Gasteiger partial charge is 0.280 e. The van der Waals surface area contributed by atoms with Crippen LogP contribution in [-0.2, 0) is 0 Å². The Morgan fingerprint density at radius 2 is 2.00 bits per heavy atom. The van der Waals surface area contributed by atoms with Crippen LogP contribution in [0.5, 0.6) is 5.75 Å². The van der Waals surface area contributed by atoms with Crippen molar-refractivity contribution in [2.24, 2.45) is 0 Å². The van der Waals surface area contributed by atoms with E-state index in [0.29, 0.717) is 17.3 Å². The summed E-state index contributed by atoms with van der Waals surface area (Å²) in [7, 11) is 1.60. The van der Waals surface area contributed by atoms with Crippen molar-refractivity contribution >= 4 is 5.82 Å². The largest absolute Gasteiger partial charge is 0.496 e. The Morgan fingerprint density at radius 1 is 1.19 bits per heavy atom. The van der Waals surface area contributed by atoms with Crippen LogP contribution in [0.3, 0.4) is 0 Å². The minimum Gasteiger partial charge on any atom is -0.496 e. The van der Waals surface area contributed by atoms with E-state index in [1.54, 1.807) is 7.11 Å². The summed E-state index contributed by atoms with van der Waals surface area (Å²) in [6, 6.07) is 5.73. The van der Waals surface area contributed by atoms with Crippen molar-refractivity contribution in [2.45, 2.75) is 6.92 Å². The molecule has 0 amide bonds. The molecule has 0 saturated carbocycles. The normalized spacial score (nSPS) is 10.6. The maximum Gasteiger partial charge on any atom is 0.280 e. The van der Waals surface area contributed by atoms with E-state index in [9.17, 15) is 0 Å². The molecule has 0 atom stereocenters. The van der Waals surface area contributed by atoms with Crippen molar-refractivity contribution in [1.29, 1.82) is 0 Å². The van der Waals surface area contributed by atoms with E-state index in [-0.39, 0.29) is 11.7 Å². The second-order valence-electron chi connectivity index (χ2n) is 4.42. The van der Waals surface area contributed by atoms with Crippen LogP contribution >= 0.6 is 0 Å². The van der Waals surface area contributed by atoms with Gasteiger partial charge in [-0.25, -0.2) is 9.97 Å². The van der Waals surface area contributed by atoms with Gasteiger partial charge in [0.2, 0.25) is 5.82 Å². The zero-order valence-corrected chi connectivity index (χ0v) is 11.6. The van der Waals surface area contributed by atoms with Gasteiger partial charge in [-0.15, -0.1) is 0 Å². The maximum absolute atomic E-state index is 5.75. The highest BCUT2D eigenvalue weighted by molar-refractivity contribution is 5.68. The molecule has 0 spiro atoms. The number of nitrogens with two attached hydrogens (primary N) is 1. The molecule has 2 aromatic heterocycles. The molecule has 0 radical (unpaired) electrons. The van der Waals surface area contributed by atoms with Gasteiger partial charge in [0, 0.05) is 12.4 Å². The fraction of sp³-hybridized carbons (Fsp3) is 0.143. The average Bonchev–Trinajstić information content (AvgIpc) is 2.97. The van der Waals surface area contributed by atoms with Gasteiger partial charge in [0.1, 0.15) is 5.75 Å². The molecule has 2 N–H and O–H groups in total. The summed E-state index contributed by atoms with van der Waals surface area (Å²) in [6.45, 7) is 1.98. The average molecular weight is 283 g/mol. The first-order valence-electron chi connectivity index (χ1n) is 6.24. The van der Waals surface area contributed by atoms with Gasteiger partial charge in [0.25, 0.3) is 5.89 Å². The lowest BCUT2D eigenvalue weighted by molar-refractivity contribution is 0.413. The predicted molar refractivity (Wildman–Crippen MR) is 76.5 cm³/mol. The molecule has 0 unspecified atom stereocenters. The van der Waals surface area contributed by atoms with Gasteiger partial charge in [-0.3, -0.25) is 0 Å². The summed E-state index contributed by atoms with van der Waals surface area (Å²) in [5.74, 6) is 1.54. The standard InChI is InChI=1S/C14H13N5O2/c1-8-3-4-9(10(7-8)20-2)13-18-14(21-19-13)11-12(15)17-6-5-16-11/h3-7H,1-2H3,(H2,15,17). The molecule has 0 aliphatic heterocycles. The van der Waals surface area contributed by atoms with Crippen LogP contribution in [0.15, 0.2) is 35.1 Å². The van der Waals surface area contributed by atoms with E-state index in [1.165, 1.54) is 12.4 Å². The summed E-state index contributed by atoms with van der Waals surface area (Å²) in [5.41, 5.74) is 7.93. The van der Waals surface area contributed by atoms with Gasteiger partial charge in [-0.2, -0.15) is 4.98 Å². The van der Waals surface area contributed by atoms with Gasteiger partial charge < -0.3 is 15.0 Å². The number of hydrogen-bond donors (Lipinski definition) is 1. The topological polar surface area (TPSA) is 100.0 Å². The van der Waals surface area contributed by atoms with Crippen LogP contribution in [0, 0.1) is 6.92 Å². The first kappa shape index (κ1) is 13.0. The number of methoxy groups -OCH3 is 1. The highest BCUT2D eigenvalue weighted by Crippen LogP contribution is 2.30. The fourth-order valence-corrected chi connectivity index (χ4v) is 1.93. The zero-order valence-electron chi connectivity index (χ0n) is 11.6. The minimum absolute atomic E-state index is 0.221. The van der Waals surface area contributed by atoms with E-state index in [4.69, 9.17) is 15.0 Å². The molecule has 106 valence electrons. The molecule has 0 saturated heterocycles. The van der Waals surface area contributed by atoms with Crippen LogP contribution in [0.2, 0.25) is 0 Å². The van der Waals surface area contributed by atoms with E-state index in [2.05, 4.69) is 20.1 Å². The van der Waals surface area contributed by atoms with Crippen LogP contribution in [0.4, 0.5) is 5.82 Å². The number of aromatic nitrogens is 4. The lowest BCUT2D eigenvalue weighted by Crippen LogP contribution is -1.96. The quantitative estimate of drug-likeness (QED) is 0.785. The third-order valence-electron chi connectivity index (χ3n) is 2.95. The SMILES string of the molecule is COc1cc(C)ccc1-c1noc(-c2nccnc2N)n1. The van der Waals surface area contributed by atoms with Crippen molar-refractivity contribution in [2.75, 3.05) is 12.8 Å². The molecular formula is C14H13N5O2. The summed E-state index contributed by atoms with van der Waals surface area (Å²) in [4.78, 5) is 12.4. The highest BCUT2D eigenvalue weighted by Gasteiger charge is 2.17. The summed E-state index contributed by atoms with van der Waals surface area (Å²) >= 11 is 0. The predicted octanol–water partition coefficient (Wildman–Crippen LogP) is 2.09. The Balaban J connectivity index is 2.05. The van der Waals surface area contributed by atoms with Crippen LogP contribution in [-0.4, -0.2) is 27.2 Å². The van der Waals surface area contributed by atoms with E-state index in [0.717, 1.165) is 11.1 Å². The molecule has 3 aromatic rings. The number of rotatable bonds is 3. The molecule has 3 rings (SSSR count). The number of nitrogen functional groups attached to an aromatic ring is 1. The van der Waals surface area contributed by atoms with Gasteiger partial charge in [0.15, 0.2) is 11.5 Å². The van der Waals surface area contributed by atoms with Gasteiger partial charge in [0.05, 0.1) is 12.7 Å². The monoisotopic (exact) mass is 283 g/mol. The maximum atomic E-state index is 5.75.